The van der Waals surface area contributed by atoms with E-state index in [0.717, 1.165) is 10.5 Å². The lowest BCUT2D eigenvalue weighted by molar-refractivity contribution is -0.119. The number of anilines is 2. The van der Waals surface area contributed by atoms with E-state index in [1.807, 2.05) is 41.3 Å². The van der Waals surface area contributed by atoms with Crippen LogP contribution in [-0.4, -0.2) is 70.1 Å². The fourth-order valence-corrected chi connectivity index (χ4v) is 5.17. The van der Waals surface area contributed by atoms with Gasteiger partial charge in [0, 0.05) is 30.7 Å². The van der Waals surface area contributed by atoms with Crippen molar-refractivity contribution in [3.05, 3.63) is 59.8 Å². The van der Waals surface area contributed by atoms with Crippen LogP contribution in [0.15, 0.2) is 47.5 Å². The van der Waals surface area contributed by atoms with Crippen molar-refractivity contribution in [2.45, 2.75) is 30.0 Å². The minimum atomic E-state index is -0.846. The number of nitrogens with one attached hydrogen (secondary N) is 2. The molecule has 5 rings (SSSR count). The maximum atomic E-state index is 13.6. The van der Waals surface area contributed by atoms with E-state index in [-0.39, 0.29) is 11.7 Å². The smallest absolute Gasteiger partial charge is 0.291 e. The number of fused-ring (bicyclic) bond motifs is 1. The summed E-state index contributed by atoms with van der Waals surface area (Å²) >= 11 is 1.46. The zero-order chi connectivity index (χ0) is 23.7. The molecule has 2 aromatic heterocycles. The lowest BCUT2D eigenvalue weighted by Crippen LogP contribution is -2.48. The summed E-state index contributed by atoms with van der Waals surface area (Å²) in [6, 6.07) is 10.9. The van der Waals surface area contributed by atoms with Gasteiger partial charge in [-0.05, 0) is 18.1 Å². The number of carbonyl (C=O) groups excluding carboxylic acids is 2. The first-order chi connectivity index (χ1) is 16.5. The van der Waals surface area contributed by atoms with Crippen LogP contribution in [0.3, 0.4) is 0 Å². The number of amides is 2. The monoisotopic (exact) mass is 481 g/mol. The number of hydrogen-bond donors (Lipinski definition) is 2. The molecule has 1 saturated heterocycles. The molecule has 176 valence electrons. The number of hydrogen-bond acceptors (Lipinski definition) is 7. The Labute approximate surface area is 200 Å². The summed E-state index contributed by atoms with van der Waals surface area (Å²) in [5.74, 6) is 0.836. The van der Waals surface area contributed by atoms with E-state index in [2.05, 4.69) is 25.5 Å². The molecular formula is C23H24FN7O2S. The quantitative estimate of drug-likeness (QED) is 0.575. The van der Waals surface area contributed by atoms with Gasteiger partial charge in [-0.25, -0.2) is 14.4 Å². The van der Waals surface area contributed by atoms with Crippen molar-refractivity contribution >= 4 is 35.1 Å². The fraction of sp³-hybridized carbons (Fsp3) is 0.348. The Bertz CT molecular complexity index is 1210. The van der Waals surface area contributed by atoms with E-state index >= 15 is 0 Å². The number of H-pyrrole nitrogens is 1. The Morgan fingerprint density at radius 2 is 2.15 bits per heavy atom. The molecule has 34 heavy (non-hydrogen) atoms. The van der Waals surface area contributed by atoms with Gasteiger partial charge < -0.3 is 15.1 Å². The van der Waals surface area contributed by atoms with Crippen LogP contribution in [-0.2, 0) is 11.2 Å². The second-order valence-corrected chi connectivity index (χ2v) is 9.41. The number of aromatic amines is 1. The third-order valence-electron chi connectivity index (χ3n) is 5.94. The highest BCUT2D eigenvalue weighted by Crippen LogP contribution is 2.36. The van der Waals surface area contributed by atoms with Gasteiger partial charge >= 0.3 is 0 Å². The third kappa shape index (κ3) is 4.60. The molecule has 11 heteroatoms. The van der Waals surface area contributed by atoms with Crippen molar-refractivity contribution in [2.75, 3.05) is 35.7 Å². The summed E-state index contributed by atoms with van der Waals surface area (Å²) in [6.07, 6.45) is 1.80. The van der Waals surface area contributed by atoms with Crippen LogP contribution in [0.1, 0.15) is 28.4 Å². The topological polar surface area (TPSA) is 107 Å². The Hall–Kier alpha value is -3.47. The predicted molar refractivity (Wildman–Crippen MR) is 127 cm³/mol. The molecule has 0 bridgehead atoms. The summed E-state index contributed by atoms with van der Waals surface area (Å²) in [5, 5.41) is 9.58. The van der Waals surface area contributed by atoms with Crippen molar-refractivity contribution in [2.24, 2.45) is 0 Å². The third-order valence-corrected chi connectivity index (χ3v) is 7.07. The molecular weight excluding hydrogens is 457 g/mol. The van der Waals surface area contributed by atoms with Crippen molar-refractivity contribution in [1.29, 1.82) is 0 Å². The first-order valence-corrected chi connectivity index (χ1v) is 12.0. The van der Waals surface area contributed by atoms with Crippen LogP contribution in [0.25, 0.3) is 0 Å². The van der Waals surface area contributed by atoms with Crippen molar-refractivity contribution in [1.82, 2.24) is 25.5 Å². The van der Waals surface area contributed by atoms with Crippen molar-refractivity contribution < 1.29 is 14.0 Å². The minimum Gasteiger partial charge on any atom is -0.354 e. The average molecular weight is 482 g/mol. The van der Waals surface area contributed by atoms with Crippen LogP contribution < -0.4 is 15.1 Å². The molecule has 0 unspecified atom stereocenters. The molecule has 3 aromatic rings. The number of carbonyl (C=O) groups is 2. The van der Waals surface area contributed by atoms with E-state index in [0.29, 0.717) is 49.0 Å². The number of thioether (sulfide) groups is 1. The van der Waals surface area contributed by atoms with Crippen LogP contribution in [0.5, 0.6) is 0 Å². The van der Waals surface area contributed by atoms with Gasteiger partial charge in [0.15, 0.2) is 0 Å². The molecule has 1 aromatic carbocycles. The van der Waals surface area contributed by atoms with Gasteiger partial charge in [-0.1, -0.05) is 30.3 Å². The van der Waals surface area contributed by atoms with E-state index in [1.54, 1.807) is 13.2 Å². The first kappa shape index (κ1) is 22.3. The largest absolute Gasteiger partial charge is 0.354 e. The minimum absolute atomic E-state index is 0.00749. The lowest BCUT2D eigenvalue weighted by atomic mass is 10.1. The summed E-state index contributed by atoms with van der Waals surface area (Å²) in [5.41, 5.74) is 1.71. The maximum Gasteiger partial charge on any atom is 0.291 e. The predicted octanol–water partition coefficient (Wildman–Crippen LogP) is 2.21. The van der Waals surface area contributed by atoms with Gasteiger partial charge in [0.1, 0.15) is 23.9 Å². The maximum absolute atomic E-state index is 13.6. The summed E-state index contributed by atoms with van der Waals surface area (Å²) in [6.45, 7) is 0.945. The number of pyridine rings is 1. The normalized spacial score (nSPS) is 20.2. The van der Waals surface area contributed by atoms with Crippen LogP contribution in [0.4, 0.5) is 15.9 Å². The number of rotatable bonds is 5. The number of nitrogens with zero attached hydrogens (tertiary/aromatic N) is 5. The van der Waals surface area contributed by atoms with Gasteiger partial charge in [0.25, 0.3) is 5.91 Å². The molecule has 0 aliphatic carbocycles. The van der Waals surface area contributed by atoms with Crippen LogP contribution >= 0.6 is 11.8 Å². The van der Waals surface area contributed by atoms with Crippen LogP contribution in [0, 0.1) is 0 Å². The number of aromatic nitrogens is 4. The summed E-state index contributed by atoms with van der Waals surface area (Å²) in [4.78, 5) is 38.9. The van der Waals surface area contributed by atoms with Crippen molar-refractivity contribution in [3.63, 3.8) is 0 Å². The fourth-order valence-electron chi connectivity index (χ4n) is 4.07. The number of likely N-dealkylation sites (N-methyl/N-ethyl adjacent to an activating group) is 1. The summed E-state index contributed by atoms with van der Waals surface area (Å²) < 4.78 is 13.6. The van der Waals surface area contributed by atoms with Gasteiger partial charge in [0.05, 0.1) is 18.4 Å². The number of halogens is 1. The highest BCUT2D eigenvalue weighted by Gasteiger charge is 2.32. The Morgan fingerprint density at radius 3 is 2.91 bits per heavy atom. The Kier molecular flexibility index (Phi) is 6.18. The Balaban J connectivity index is 1.27. The van der Waals surface area contributed by atoms with Crippen LogP contribution in [0.2, 0.25) is 0 Å². The molecule has 1 fully saturated rings. The molecule has 2 atom stereocenters. The van der Waals surface area contributed by atoms with E-state index in [1.165, 1.54) is 16.7 Å². The van der Waals surface area contributed by atoms with Gasteiger partial charge in [0.2, 0.25) is 11.7 Å². The second kappa shape index (κ2) is 9.41. The second-order valence-electron chi connectivity index (χ2n) is 8.34. The number of alkyl halides is 1. The molecule has 0 saturated carbocycles. The highest BCUT2D eigenvalue weighted by molar-refractivity contribution is 7.99. The van der Waals surface area contributed by atoms with Gasteiger partial charge in [-0.2, -0.15) is 0 Å². The molecule has 4 heterocycles. The molecule has 2 amide bonds. The zero-order valence-electron chi connectivity index (χ0n) is 18.6. The zero-order valence-corrected chi connectivity index (χ0v) is 19.4. The number of benzene rings is 1. The Morgan fingerprint density at radius 1 is 1.32 bits per heavy atom. The first-order valence-electron chi connectivity index (χ1n) is 11.0. The molecule has 0 spiro atoms. The van der Waals surface area contributed by atoms with Gasteiger partial charge in [-0.3, -0.25) is 14.7 Å². The molecule has 2 aliphatic heterocycles. The molecule has 9 nitrogen and oxygen atoms in total. The standard InChI is InChI=1S/C23H24FN7O2S/c1-30-17-11-25-20(31-8-7-15(24)12-31)10-18(17)34-13-16(23(30)33)26-22(32)21-27-19(28-29-21)9-14-5-3-2-4-6-14/h2-6,10-11,15-16H,7-9,12-13H2,1H3,(H,26,32)(H,27,28,29)/t15-,16-/m0/s1. The van der Waals surface area contributed by atoms with E-state index < -0.39 is 18.1 Å². The van der Waals surface area contributed by atoms with Crippen molar-refractivity contribution in [3.8, 4) is 0 Å². The van der Waals surface area contributed by atoms with E-state index in [9.17, 15) is 14.0 Å². The lowest BCUT2D eigenvalue weighted by Gasteiger charge is -2.22. The SMILES string of the molecule is CN1C(=O)[C@@H](NC(=O)c2n[nH]c(Cc3ccccc3)n2)CSc2cc(N3CC[C@H](F)C3)ncc21. The highest BCUT2D eigenvalue weighted by atomic mass is 32.2. The van der Waals surface area contributed by atoms with Gasteiger partial charge in [-0.15, -0.1) is 16.9 Å². The molecule has 2 aliphatic rings. The van der Waals surface area contributed by atoms with E-state index in [4.69, 9.17) is 0 Å². The molecule has 2 N–H and O–H groups in total. The summed E-state index contributed by atoms with van der Waals surface area (Å²) in [7, 11) is 1.66. The average Bonchev–Trinajstić information content (AvgIpc) is 3.48. The molecule has 0 radical (unpaired) electrons.